The molecule has 1 N–H and O–H groups in total. The van der Waals surface area contributed by atoms with Gasteiger partial charge in [0.05, 0.1) is 0 Å². The fraction of sp³-hybridized carbons (Fsp3) is 0.600. The van der Waals surface area contributed by atoms with Gasteiger partial charge in [-0.3, -0.25) is 0 Å². The Labute approximate surface area is 117 Å². The Morgan fingerprint density at radius 3 is 2.20 bits per heavy atom. The molecule has 1 aromatic carbocycles. The molecule has 0 spiro atoms. The molecule has 2 rings (SSSR count). The number of rotatable bonds is 4. The second-order valence-electron chi connectivity index (χ2n) is 5.28. The van der Waals surface area contributed by atoms with E-state index in [2.05, 4.69) is 10.1 Å². The molecule has 20 heavy (non-hydrogen) atoms. The third-order valence-electron chi connectivity index (χ3n) is 3.91. The van der Waals surface area contributed by atoms with Crippen molar-refractivity contribution in [3.8, 4) is 5.75 Å². The molecule has 1 fully saturated rings. The fourth-order valence-electron chi connectivity index (χ4n) is 3.02. The van der Waals surface area contributed by atoms with Crippen LogP contribution in [0.2, 0.25) is 0 Å². The number of halogens is 3. The normalized spacial score (nSPS) is 18.8. The SMILES string of the molecule is CNC(c1ccc(OC(F)(F)F)cc1)C1CCCCC1. The van der Waals surface area contributed by atoms with E-state index in [1.54, 1.807) is 12.1 Å². The van der Waals surface area contributed by atoms with Gasteiger partial charge in [-0.25, -0.2) is 0 Å². The Balaban J connectivity index is 2.06. The molecule has 0 bridgehead atoms. The van der Waals surface area contributed by atoms with Crippen molar-refractivity contribution in [1.29, 1.82) is 0 Å². The number of alkyl halides is 3. The van der Waals surface area contributed by atoms with Gasteiger partial charge in [0.1, 0.15) is 5.75 Å². The first-order chi connectivity index (χ1) is 9.49. The number of nitrogens with one attached hydrogen (secondary N) is 1. The second-order valence-corrected chi connectivity index (χ2v) is 5.28. The summed E-state index contributed by atoms with van der Waals surface area (Å²) in [6, 6.07) is 6.41. The van der Waals surface area contributed by atoms with Gasteiger partial charge in [0, 0.05) is 6.04 Å². The third-order valence-corrected chi connectivity index (χ3v) is 3.91. The predicted molar refractivity (Wildman–Crippen MR) is 71.5 cm³/mol. The fourth-order valence-corrected chi connectivity index (χ4v) is 3.02. The summed E-state index contributed by atoms with van der Waals surface area (Å²) < 4.78 is 40.3. The molecule has 0 amide bonds. The van der Waals surface area contributed by atoms with Crippen molar-refractivity contribution in [2.24, 2.45) is 5.92 Å². The number of ether oxygens (including phenoxy) is 1. The minimum absolute atomic E-state index is 0.167. The maximum atomic E-state index is 12.1. The molecular formula is C15H20F3NO. The van der Waals surface area contributed by atoms with Crippen molar-refractivity contribution in [2.45, 2.75) is 44.5 Å². The van der Waals surface area contributed by atoms with Gasteiger partial charge >= 0.3 is 6.36 Å². The summed E-state index contributed by atoms with van der Waals surface area (Å²) in [6.07, 6.45) is 1.47. The van der Waals surface area contributed by atoms with Gasteiger partial charge in [0.25, 0.3) is 0 Å². The number of hydrogen-bond acceptors (Lipinski definition) is 2. The summed E-state index contributed by atoms with van der Waals surface area (Å²) in [6.45, 7) is 0. The highest BCUT2D eigenvalue weighted by Crippen LogP contribution is 2.35. The Hall–Kier alpha value is -1.23. The maximum absolute atomic E-state index is 12.1. The lowest BCUT2D eigenvalue weighted by molar-refractivity contribution is -0.274. The molecule has 0 saturated heterocycles. The molecule has 1 aromatic rings. The first-order valence-electron chi connectivity index (χ1n) is 7.02. The zero-order chi connectivity index (χ0) is 14.6. The zero-order valence-corrected chi connectivity index (χ0v) is 11.5. The average Bonchev–Trinajstić information content (AvgIpc) is 2.41. The van der Waals surface area contributed by atoms with E-state index in [9.17, 15) is 13.2 Å². The molecule has 2 nitrogen and oxygen atoms in total. The van der Waals surface area contributed by atoms with E-state index in [1.807, 2.05) is 7.05 Å². The van der Waals surface area contributed by atoms with E-state index in [0.29, 0.717) is 5.92 Å². The van der Waals surface area contributed by atoms with Gasteiger partial charge in [-0.05, 0) is 43.5 Å². The van der Waals surface area contributed by atoms with Gasteiger partial charge < -0.3 is 10.1 Å². The molecular weight excluding hydrogens is 267 g/mol. The summed E-state index contributed by atoms with van der Waals surface area (Å²) in [4.78, 5) is 0. The third kappa shape index (κ3) is 4.13. The lowest BCUT2D eigenvalue weighted by atomic mass is 9.81. The lowest BCUT2D eigenvalue weighted by Crippen LogP contribution is -2.27. The van der Waals surface area contributed by atoms with Gasteiger partial charge in [-0.2, -0.15) is 0 Å². The van der Waals surface area contributed by atoms with Crippen molar-refractivity contribution in [3.05, 3.63) is 29.8 Å². The minimum Gasteiger partial charge on any atom is -0.406 e. The Bertz CT molecular complexity index is 410. The lowest BCUT2D eigenvalue weighted by Gasteiger charge is -2.30. The molecule has 1 atom stereocenters. The largest absolute Gasteiger partial charge is 0.573 e. The van der Waals surface area contributed by atoms with E-state index < -0.39 is 6.36 Å². The summed E-state index contributed by atoms with van der Waals surface area (Å²) in [7, 11) is 1.90. The zero-order valence-electron chi connectivity index (χ0n) is 11.5. The standard InChI is InChI=1S/C15H20F3NO/c1-19-14(11-5-3-2-4-6-11)12-7-9-13(10-8-12)20-15(16,17)18/h7-11,14,19H,2-6H2,1H3. The molecule has 0 aliphatic heterocycles. The molecule has 5 heteroatoms. The van der Waals surface area contributed by atoms with Crippen LogP contribution in [0.15, 0.2) is 24.3 Å². The highest BCUT2D eigenvalue weighted by atomic mass is 19.4. The van der Waals surface area contributed by atoms with Crippen LogP contribution in [0.4, 0.5) is 13.2 Å². The minimum atomic E-state index is -4.63. The molecule has 0 heterocycles. The van der Waals surface area contributed by atoms with Gasteiger partial charge in [-0.1, -0.05) is 31.4 Å². The van der Waals surface area contributed by atoms with Crippen molar-refractivity contribution in [3.63, 3.8) is 0 Å². The molecule has 0 aromatic heterocycles. The Morgan fingerprint density at radius 2 is 1.70 bits per heavy atom. The Morgan fingerprint density at radius 1 is 1.10 bits per heavy atom. The molecule has 1 aliphatic carbocycles. The first kappa shape index (κ1) is 15.2. The summed E-state index contributed by atoms with van der Waals surface area (Å²) >= 11 is 0. The van der Waals surface area contributed by atoms with Crippen LogP contribution in [-0.2, 0) is 0 Å². The summed E-state index contributed by atoms with van der Waals surface area (Å²) in [5, 5.41) is 3.29. The van der Waals surface area contributed by atoms with Crippen LogP contribution < -0.4 is 10.1 Å². The van der Waals surface area contributed by atoms with Crippen LogP contribution in [0.5, 0.6) is 5.75 Å². The second kappa shape index (κ2) is 6.48. The van der Waals surface area contributed by atoms with Crippen molar-refractivity contribution < 1.29 is 17.9 Å². The van der Waals surface area contributed by atoms with Crippen LogP contribution >= 0.6 is 0 Å². The number of benzene rings is 1. The molecule has 1 aliphatic rings. The van der Waals surface area contributed by atoms with Crippen LogP contribution in [-0.4, -0.2) is 13.4 Å². The number of hydrogen-bond donors (Lipinski definition) is 1. The first-order valence-corrected chi connectivity index (χ1v) is 7.02. The van der Waals surface area contributed by atoms with Crippen molar-refractivity contribution in [1.82, 2.24) is 5.32 Å². The molecule has 112 valence electrons. The highest BCUT2D eigenvalue weighted by Gasteiger charge is 2.31. The van der Waals surface area contributed by atoms with Crippen LogP contribution in [0.1, 0.15) is 43.7 Å². The van der Waals surface area contributed by atoms with Crippen LogP contribution in [0.25, 0.3) is 0 Å². The molecule has 0 radical (unpaired) electrons. The van der Waals surface area contributed by atoms with Crippen LogP contribution in [0, 0.1) is 5.92 Å². The maximum Gasteiger partial charge on any atom is 0.573 e. The van der Waals surface area contributed by atoms with Gasteiger partial charge in [0.15, 0.2) is 0 Å². The van der Waals surface area contributed by atoms with Gasteiger partial charge in [-0.15, -0.1) is 13.2 Å². The topological polar surface area (TPSA) is 21.3 Å². The van der Waals surface area contributed by atoms with E-state index in [0.717, 1.165) is 5.56 Å². The quantitative estimate of drug-likeness (QED) is 0.884. The predicted octanol–water partition coefficient (Wildman–Crippen LogP) is 4.43. The van der Waals surface area contributed by atoms with Crippen LogP contribution in [0.3, 0.4) is 0 Å². The monoisotopic (exact) mass is 287 g/mol. The van der Waals surface area contributed by atoms with E-state index >= 15 is 0 Å². The van der Waals surface area contributed by atoms with E-state index in [4.69, 9.17) is 0 Å². The van der Waals surface area contributed by atoms with Gasteiger partial charge in [0.2, 0.25) is 0 Å². The van der Waals surface area contributed by atoms with E-state index in [-0.39, 0.29) is 11.8 Å². The average molecular weight is 287 g/mol. The summed E-state index contributed by atoms with van der Waals surface area (Å²) in [5.41, 5.74) is 1.02. The van der Waals surface area contributed by atoms with Crippen molar-refractivity contribution in [2.75, 3.05) is 7.05 Å². The summed E-state index contributed by atoms with van der Waals surface area (Å²) in [5.74, 6) is 0.392. The van der Waals surface area contributed by atoms with E-state index in [1.165, 1.54) is 44.2 Å². The molecule has 1 saturated carbocycles. The Kier molecular flexibility index (Phi) is 4.91. The smallest absolute Gasteiger partial charge is 0.406 e. The highest BCUT2D eigenvalue weighted by molar-refractivity contribution is 5.29. The van der Waals surface area contributed by atoms with Crippen molar-refractivity contribution >= 4 is 0 Å². The molecule has 1 unspecified atom stereocenters.